The zero-order chi connectivity index (χ0) is 10.8. The molecule has 0 fully saturated rings. The number of rotatable bonds is 0. The van der Waals surface area contributed by atoms with Crippen molar-refractivity contribution in [1.82, 2.24) is 0 Å². The molecule has 0 atom stereocenters. The molecule has 2 aromatic rings. The molecule has 0 saturated heterocycles. The molecule has 1 aliphatic heterocycles. The van der Waals surface area contributed by atoms with Gasteiger partial charge in [0.25, 0.3) is 0 Å². The Hall–Kier alpha value is -1.46. The van der Waals surface area contributed by atoms with Gasteiger partial charge in [0.15, 0.2) is 8.77 Å². The fraction of sp³-hybridized carbons (Fsp3) is 0. The quantitative estimate of drug-likeness (QED) is 0.616. The van der Waals surface area contributed by atoms with E-state index in [-0.39, 0.29) is 0 Å². The molecule has 1 heterocycles. The van der Waals surface area contributed by atoms with Crippen molar-refractivity contribution in [2.45, 2.75) is 0 Å². The summed E-state index contributed by atoms with van der Waals surface area (Å²) in [6.45, 7) is 0. The molecule has 0 aliphatic carbocycles. The van der Waals surface area contributed by atoms with Crippen LogP contribution in [0, 0.1) is 0 Å². The molecular formula is C13H9NSi2. The molecule has 0 N–H and O–H groups in total. The molecule has 0 spiro atoms. The number of hydrogen-bond donors (Lipinski definition) is 0. The third kappa shape index (κ3) is 1.68. The van der Waals surface area contributed by atoms with E-state index in [1.54, 1.807) is 0 Å². The van der Waals surface area contributed by atoms with Crippen molar-refractivity contribution in [3.63, 3.8) is 0 Å². The Bertz CT molecular complexity index is 534. The molecule has 0 unspecified atom stereocenters. The summed E-state index contributed by atoms with van der Waals surface area (Å²) in [5.74, 6) is 0. The standard InChI is InChI=1S/C13H9NSi2/c1-2-6-11-10(5-1)9-14-16-15-13-8-4-3-7-12(11)13/h1-9H. The van der Waals surface area contributed by atoms with Gasteiger partial charge in [-0.15, -0.1) is 0 Å². The van der Waals surface area contributed by atoms with Gasteiger partial charge in [0, 0.05) is 6.21 Å². The molecule has 0 amide bonds. The van der Waals surface area contributed by atoms with E-state index in [9.17, 15) is 0 Å². The van der Waals surface area contributed by atoms with E-state index in [1.165, 1.54) is 21.9 Å². The number of benzene rings is 2. The first-order valence-corrected chi connectivity index (χ1v) is 8.12. The molecule has 2 aromatic carbocycles. The second-order valence-electron chi connectivity index (χ2n) is 3.63. The molecule has 16 heavy (non-hydrogen) atoms. The van der Waals surface area contributed by atoms with Gasteiger partial charge < -0.3 is 4.66 Å². The van der Waals surface area contributed by atoms with Crippen LogP contribution in [-0.2, 0) is 0 Å². The van der Waals surface area contributed by atoms with Crippen LogP contribution in [0.5, 0.6) is 0 Å². The SMILES string of the molecule is C1=N[Si]=[Si]c2ccccc2-c2ccccc21. The maximum Gasteiger partial charge on any atom is 0.162 e. The summed E-state index contributed by atoms with van der Waals surface area (Å²) >= 11 is 0. The average Bonchev–Trinajstić information content (AvgIpc) is 2.33. The lowest BCUT2D eigenvalue weighted by molar-refractivity contribution is 1.61. The molecule has 1 nitrogen and oxygen atoms in total. The lowest BCUT2D eigenvalue weighted by atomic mass is 10.0. The average molecular weight is 235 g/mol. The fourth-order valence-corrected chi connectivity index (χ4v) is 4.20. The number of fused-ring (bicyclic) bond motifs is 3. The number of nitrogens with zero attached hydrogens (tertiary/aromatic N) is 1. The minimum atomic E-state index is 0.667. The molecule has 74 valence electrons. The highest BCUT2D eigenvalue weighted by Crippen LogP contribution is 2.20. The van der Waals surface area contributed by atoms with Crippen molar-refractivity contribution in [3.8, 4) is 11.1 Å². The van der Waals surface area contributed by atoms with Crippen LogP contribution in [0.1, 0.15) is 5.56 Å². The van der Waals surface area contributed by atoms with Crippen LogP contribution in [0.25, 0.3) is 11.1 Å². The minimum Gasteiger partial charge on any atom is -0.308 e. The monoisotopic (exact) mass is 235 g/mol. The predicted octanol–water partition coefficient (Wildman–Crippen LogP) is 1.65. The maximum absolute atomic E-state index is 4.49. The second kappa shape index (κ2) is 4.19. The third-order valence-corrected chi connectivity index (χ3v) is 5.24. The summed E-state index contributed by atoms with van der Waals surface area (Å²) in [5.41, 5.74) is 3.90. The Labute approximate surface area is 98.9 Å². The van der Waals surface area contributed by atoms with Crippen molar-refractivity contribution < 1.29 is 0 Å². The Morgan fingerprint density at radius 3 is 2.50 bits per heavy atom. The zero-order valence-electron chi connectivity index (χ0n) is 8.64. The van der Waals surface area contributed by atoms with E-state index in [0.29, 0.717) is 8.77 Å². The van der Waals surface area contributed by atoms with Crippen LogP contribution in [0.15, 0.2) is 53.2 Å². The van der Waals surface area contributed by atoms with Gasteiger partial charge in [-0.3, -0.25) is 0 Å². The Balaban J connectivity index is 2.34. The molecule has 0 saturated carbocycles. The predicted molar refractivity (Wildman–Crippen MR) is 70.6 cm³/mol. The highest BCUT2D eigenvalue weighted by atomic mass is 28.9. The smallest absolute Gasteiger partial charge is 0.162 e. The summed E-state index contributed by atoms with van der Waals surface area (Å²) in [5, 5.41) is 1.44. The van der Waals surface area contributed by atoms with E-state index in [1.807, 2.05) is 6.21 Å². The van der Waals surface area contributed by atoms with E-state index in [2.05, 4.69) is 53.2 Å². The van der Waals surface area contributed by atoms with Crippen molar-refractivity contribution in [3.05, 3.63) is 54.1 Å². The van der Waals surface area contributed by atoms with Crippen LogP contribution >= 0.6 is 0 Å². The molecule has 0 bridgehead atoms. The topological polar surface area (TPSA) is 12.4 Å². The van der Waals surface area contributed by atoms with Gasteiger partial charge in [-0.25, -0.2) is 0 Å². The summed E-state index contributed by atoms with van der Waals surface area (Å²) < 4.78 is 4.49. The molecule has 3 rings (SSSR count). The van der Waals surface area contributed by atoms with Gasteiger partial charge in [0.05, 0.1) is 8.61 Å². The van der Waals surface area contributed by atoms with Gasteiger partial charge in [-0.1, -0.05) is 48.5 Å². The van der Waals surface area contributed by atoms with E-state index in [4.69, 9.17) is 0 Å². The van der Waals surface area contributed by atoms with Gasteiger partial charge in [0.2, 0.25) is 0 Å². The highest BCUT2D eigenvalue weighted by Gasteiger charge is 2.07. The normalized spacial score (nSPS) is 12.5. The highest BCUT2D eigenvalue weighted by molar-refractivity contribution is 6.82. The second-order valence-corrected chi connectivity index (χ2v) is 6.32. The van der Waals surface area contributed by atoms with Crippen molar-refractivity contribution in [2.24, 2.45) is 4.66 Å². The van der Waals surface area contributed by atoms with Crippen LogP contribution in [-0.4, -0.2) is 23.6 Å². The van der Waals surface area contributed by atoms with E-state index < -0.39 is 0 Å². The summed E-state index contributed by atoms with van der Waals surface area (Å²) in [4.78, 5) is 0. The lowest BCUT2D eigenvalue weighted by Crippen LogP contribution is -2.14. The van der Waals surface area contributed by atoms with Gasteiger partial charge in [-0.2, -0.15) is 0 Å². The van der Waals surface area contributed by atoms with Crippen LogP contribution in [0.4, 0.5) is 0 Å². The Morgan fingerprint density at radius 1 is 0.812 bits per heavy atom. The van der Waals surface area contributed by atoms with Crippen LogP contribution < -0.4 is 5.19 Å². The van der Waals surface area contributed by atoms with Crippen LogP contribution in [0.3, 0.4) is 0 Å². The van der Waals surface area contributed by atoms with Gasteiger partial charge in [0.1, 0.15) is 0 Å². The molecule has 3 heteroatoms. The molecule has 2 radical (unpaired) electrons. The van der Waals surface area contributed by atoms with Crippen molar-refractivity contribution in [1.29, 1.82) is 0 Å². The van der Waals surface area contributed by atoms with Crippen LogP contribution in [0.2, 0.25) is 0 Å². The summed E-state index contributed by atoms with van der Waals surface area (Å²) in [6, 6.07) is 17.1. The van der Waals surface area contributed by atoms with Gasteiger partial charge in [-0.05, 0) is 21.9 Å². The Kier molecular flexibility index (Phi) is 2.55. The van der Waals surface area contributed by atoms with Crippen molar-refractivity contribution >= 4 is 28.8 Å². The first-order valence-electron chi connectivity index (χ1n) is 5.18. The largest absolute Gasteiger partial charge is 0.308 e. The minimum absolute atomic E-state index is 0.667. The zero-order valence-corrected chi connectivity index (χ0v) is 10.6. The maximum atomic E-state index is 4.49. The number of hydrogen-bond acceptors (Lipinski definition) is 1. The van der Waals surface area contributed by atoms with Gasteiger partial charge >= 0.3 is 0 Å². The van der Waals surface area contributed by atoms with E-state index >= 15 is 0 Å². The van der Waals surface area contributed by atoms with E-state index in [0.717, 1.165) is 8.61 Å². The Morgan fingerprint density at radius 2 is 1.56 bits per heavy atom. The summed E-state index contributed by atoms with van der Waals surface area (Å²) in [7, 11) is 1.47. The fourth-order valence-electron chi connectivity index (χ4n) is 1.88. The summed E-state index contributed by atoms with van der Waals surface area (Å²) in [6.07, 6.45) is 2.01. The molecule has 0 aromatic heterocycles. The first kappa shape index (κ1) is 9.75. The third-order valence-electron chi connectivity index (χ3n) is 2.64. The molecular weight excluding hydrogens is 226 g/mol. The van der Waals surface area contributed by atoms with Crippen molar-refractivity contribution in [2.75, 3.05) is 0 Å². The lowest BCUT2D eigenvalue weighted by Gasteiger charge is -2.10. The first-order chi connectivity index (χ1) is 7.95. The molecule has 1 aliphatic rings.